The predicted molar refractivity (Wildman–Crippen MR) is 114 cm³/mol. The number of carbonyl (C=O) groups is 1. The molecular weight excluding hydrogens is 384 g/mol. The number of ether oxygens (including phenoxy) is 3. The number of nitrogens with one attached hydrogen (secondary N) is 1. The van der Waals surface area contributed by atoms with Crippen molar-refractivity contribution in [3.05, 3.63) is 36.2 Å². The molecule has 1 aromatic carbocycles. The van der Waals surface area contributed by atoms with E-state index in [1.807, 2.05) is 13.0 Å². The molecule has 1 fully saturated rings. The molecule has 1 atom stereocenters. The molecule has 1 aliphatic rings. The second-order valence-corrected chi connectivity index (χ2v) is 7.23. The van der Waals surface area contributed by atoms with E-state index in [0.29, 0.717) is 30.6 Å². The highest BCUT2D eigenvalue weighted by molar-refractivity contribution is 5.80. The minimum atomic E-state index is -0.620. The van der Waals surface area contributed by atoms with Crippen molar-refractivity contribution in [3.63, 3.8) is 0 Å². The number of methoxy groups -OCH3 is 1. The molecule has 0 bridgehead atoms. The predicted octanol–water partition coefficient (Wildman–Crippen LogP) is 2.75. The van der Waals surface area contributed by atoms with Crippen LogP contribution in [0.3, 0.4) is 0 Å². The topological polar surface area (TPSA) is 85.8 Å². The maximum absolute atomic E-state index is 12.2. The third-order valence-electron chi connectivity index (χ3n) is 4.87. The number of benzene rings is 1. The van der Waals surface area contributed by atoms with Gasteiger partial charge in [-0.1, -0.05) is 0 Å². The van der Waals surface area contributed by atoms with Crippen molar-refractivity contribution in [3.8, 4) is 17.4 Å². The lowest BCUT2D eigenvalue weighted by Gasteiger charge is -2.28. The Morgan fingerprint density at radius 2 is 1.83 bits per heavy atom. The lowest BCUT2D eigenvalue weighted by molar-refractivity contribution is -0.127. The lowest BCUT2D eigenvalue weighted by atomic mass is 10.1. The highest BCUT2D eigenvalue weighted by Gasteiger charge is 2.16. The first-order valence-electron chi connectivity index (χ1n) is 10.4. The summed E-state index contributed by atoms with van der Waals surface area (Å²) in [6, 6.07) is 8.98. The molecule has 0 radical (unpaired) electrons. The largest absolute Gasteiger partial charge is 0.497 e. The number of piperidine rings is 1. The lowest BCUT2D eigenvalue weighted by Crippen LogP contribution is -2.38. The first-order valence-corrected chi connectivity index (χ1v) is 10.4. The van der Waals surface area contributed by atoms with Crippen molar-refractivity contribution in [2.24, 2.45) is 0 Å². The van der Waals surface area contributed by atoms with Gasteiger partial charge >= 0.3 is 0 Å². The summed E-state index contributed by atoms with van der Waals surface area (Å²) in [5.74, 6) is 3.25. The van der Waals surface area contributed by atoms with Gasteiger partial charge in [-0.05, 0) is 57.4 Å². The molecular formula is C22H30N4O4. The van der Waals surface area contributed by atoms with Crippen LogP contribution in [0.2, 0.25) is 0 Å². The molecule has 0 spiro atoms. The van der Waals surface area contributed by atoms with Crippen LogP contribution in [0, 0.1) is 6.92 Å². The van der Waals surface area contributed by atoms with Crippen molar-refractivity contribution in [1.82, 2.24) is 15.3 Å². The van der Waals surface area contributed by atoms with Crippen LogP contribution in [0.4, 0.5) is 5.82 Å². The highest BCUT2D eigenvalue weighted by atomic mass is 16.5. The summed E-state index contributed by atoms with van der Waals surface area (Å²) in [4.78, 5) is 23.4. The normalized spacial score (nSPS) is 14.7. The summed E-state index contributed by atoms with van der Waals surface area (Å²) in [5.41, 5.74) is 0. The molecule has 0 saturated carbocycles. The van der Waals surface area contributed by atoms with Gasteiger partial charge in [-0.25, -0.2) is 4.98 Å². The molecule has 30 heavy (non-hydrogen) atoms. The summed E-state index contributed by atoms with van der Waals surface area (Å²) in [5, 5.41) is 2.82. The van der Waals surface area contributed by atoms with E-state index in [9.17, 15) is 4.79 Å². The Balaban J connectivity index is 1.43. The molecule has 1 aliphatic heterocycles. The van der Waals surface area contributed by atoms with E-state index in [0.717, 1.165) is 24.7 Å². The summed E-state index contributed by atoms with van der Waals surface area (Å²) in [6.07, 6.45) is 3.01. The van der Waals surface area contributed by atoms with Gasteiger partial charge in [-0.3, -0.25) is 4.79 Å². The zero-order valence-corrected chi connectivity index (χ0v) is 17.9. The van der Waals surface area contributed by atoms with Crippen LogP contribution < -0.4 is 24.4 Å². The number of aromatic nitrogens is 2. The molecule has 162 valence electrons. The van der Waals surface area contributed by atoms with Gasteiger partial charge < -0.3 is 24.4 Å². The SMILES string of the molecule is COc1ccc(OC(C)C(=O)NCCOc2cc(N3CCCCC3)nc(C)n2)cc1. The van der Waals surface area contributed by atoms with E-state index in [1.165, 1.54) is 19.3 Å². The molecule has 8 nitrogen and oxygen atoms in total. The third-order valence-corrected chi connectivity index (χ3v) is 4.87. The average Bonchev–Trinajstić information content (AvgIpc) is 2.77. The Morgan fingerprint density at radius 3 is 2.53 bits per heavy atom. The van der Waals surface area contributed by atoms with Crippen LogP contribution in [0.5, 0.6) is 17.4 Å². The standard InChI is InChI=1S/C22H30N4O4/c1-16(30-19-9-7-18(28-3)8-10-19)22(27)23-11-14-29-21-15-20(24-17(2)25-21)26-12-5-4-6-13-26/h7-10,15-16H,4-6,11-14H2,1-3H3,(H,23,27). The van der Waals surface area contributed by atoms with Crippen molar-refractivity contribution in [1.29, 1.82) is 0 Å². The van der Waals surface area contributed by atoms with E-state index in [4.69, 9.17) is 14.2 Å². The molecule has 2 heterocycles. The maximum atomic E-state index is 12.2. The van der Waals surface area contributed by atoms with E-state index >= 15 is 0 Å². The zero-order chi connectivity index (χ0) is 21.3. The highest BCUT2D eigenvalue weighted by Crippen LogP contribution is 2.21. The number of hydrogen-bond donors (Lipinski definition) is 1. The van der Waals surface area contributed by atoms with Crippen LogP contribution >= 0.6 is 0 Å². The number of anilines is 1. The van der Waals surface area contributed by atoms with Gasteiger partial charge in [-0.2, -0.15) is 4.98 Å². The average molecular weight is 415 g/mol. The first-order chi connectivity index (χ1) is 14.5. The number of aryl methyl sites for hydroxylation is 1. The van der Waals surface area contributed by atoms with E-state index in [2.05, 4.69) is 20.2 Å². The number of hydrogen-bond acceptors (Lipinski definition) is 7. The fourth-order valence-corrected chi connectivity index (χ4v) is 3.27. The first kappa shape index (κ1) is 21.7. The Hall–Kier alpha value is -3.03. The fourth-order valence-electron chi connectivity index (χ4n) is 3.27. The number of amides is 1. The summed E-state index contributed by atoms with van der Waals surface area (Å²) >= 11 is 0. The Kier molecular flexibility index (Phi) is 7.70. The second-order valence-electron chi connectivity index (χ2n) is 7.23. The van der Waals surface area contributed by atoms with Gasteiger partial charge in [0.25, 0.3) is 5.91 Å². The molecule has 1 N–H and O–H groups in total. The third kappa shape index (κ3) is 6.23. The summed E-state index contributed by atoms with van der Waals surface area (Å²) in [7, 11) is 1.60. The Bertz CT molecular complexity index is 822. The molecule has 2 aromatic rings. The van der Waals surface area contributed by atoms with Crippen molar-refractivity contribution >= 4 is 11.7 Å². The number of carbonyl (C=O) groups excluding carboxylic acids is 1. The van der Waals surface area contributed by atoms with Gasteiger partial charge in [0.15, 0.2) is 6.10 Å². The van der Waals surface area contributed by atoms with Gasteiger partial charge in [-0.15, -0.1) is 0 Å². The van der Waals surface area contributed by atoms with Crippen LogP contribution in [-0.2, 0) is 4.79 Å². The monoisotopic (exact) mass is 414 g/mol. The van der Waals surface area contributed by atoms with E-state index in [-0.39, 0.29) is 5.91 Å². The molecule has 1 unspecified atom stereocenters. The molecule has 1 amide bonds. The number of rotatable bonds is 9. The number of nitrogens with zero attached hydrogens (tertiary/aromatic N) is 3. The molecule has 0 aliphatic carbocycles. The van der Waals surface area contributed by atoms with Gasteiger partial charge in [0, 0.05) is 19.2 Å². The zero-order valence-electron chi connectivity index (χ0n) is 17.9. The van der Waals surface area contributed by atoms with Gasteiger partial charge in [0.2, 0.25) is 5.88 Å². The Labute approximate surface area is 177 Å². The van der Waals surface area contributed by atoms with E-state index < -0.39 is 6.10 Å². The van der Waals surface area contributed by atoms with Gasteiger partial charge in [0.1, 0.15) is 29.7 Å². The minimum absolute atomic E-state index is 0.206. The van der Waals surface area contributed by atoms with Gasteiger partial charge in [0.05, 0.1) is 13.7 Å². The summed E-state index contributed by atoms with van der Waals surface area (Å²) in [6.45, 7) is 6.27. The van der Waals surface area contributed by atoms with Crippen LogP contribution in [0.1, 0.15) is 32.0 Å². The van der Waals surface area contributed by atoms with Crippen molar-refractivity contribution < 1.29 is 19.0 Å². The smallest absolute Gasteiger partial charge is 0.260 e. The minimum Gasteiger partial charge on any atom is -0.497 e. The molecule has 1 aromatic heterocycles. The fraction of sp³-hybridized carbons (Fsp3) is 0.500. The molecule has 1 saturated heterocycles. The maximum Gasteiger partial charge on any atom is 0.260 e. The van der Waals surface area contributed by atoms with Crippen LogP contribution in [0.25, 0.3) is 0 Å². The van der Waals surface area contributed by atoms with Crippen LogP contribution in [0.15, 0.2) is 30.3 Å². The second kappa shape index (κ2) is 10.7. The molecule has 8 heteroatoms. The van der Waals surface area contributed by atoms with Crippen molar-refractivity contribution in [2.75, 3.05) is 38.3 Å². The summed E-state index contributed by atoms with van der Waals surface area (Å²) < 4.78 is 16.5. The van der Waals surface area contributed by atoms with Crippen molar-refractivity contribution in [2.45, 2.75) is 39.2 Å². The van der Waals surface area contributed by atoms with Crippen LogP contribution in [-0.4, -0.2) is 55.3 Å². The van der Waals surface area contributed by atoms with E-state index in [1.54, 1.807) is 38.3 Å². The Morgan fingerprint density at radius 1 is 1.13 bits per heavy atom. The molecule has 3 rings (SSSR count). The quantitative estimate of drug-likeness (QED) is 0.632.